The van der Waals surface area contributed by atoms with Gasteiger partial charge < -0.3 is 4.84 Å². The molecule has 10 heteroatoms. The van der Waals surface area contributed by atoms with E-state index in [1.54, 1.807) is 0 Å². The summed E-state index contributed by atoms with van der Waals surface area (Å²) in [6, 6.07) is 3.36. The maximum Gasteiger partial charge on any atom is 0.314 e. The van der Waals surface area contributed by atoms with Crippen LogP contribution >= 0.6 is 0 Å². The van der Waals surface area contributed by atoms with Gasteiger partial charge in [0.2, 0.25) is 5.75 Å². The highest BCUT2D eigenvalue weighted by Gasteiger charge is 2.33. The number of nitro groups is 1. The molecule has 0 radical (unpaired) electrons. The van der Waals surface area contributed by atoms with Gasteiger partial charge in [0.1, 0.15) is 0 Å². The Hall–Kier alpha value is -3.13. The third-order valence-corrected chi connectivity index (χ3v) is 2.50. The molecule has 0 atom stereocenters. The summed E-state index contributed by atoms with van der Waals surface area (Å²) in [5.74, 6) is -1.51. The third-order valence-electron chi connectivity index (χ3n) is 2.50. The number of carbonyl (C=O) groups is 2. The van der Waals surface area contributed by atoms with E-state index in [4.69, 9.17) is 10.4 Å². The molecule has 1 fully saturated rings. The molecular weight excluding hydrogens is 270 g/mol. The van der Waals surface area contributed by atoms with Crippen molar-refractivity contribution in [1.29, 1.82) is 0 Å². The molecule has 1 heterocycles. The molecule has 0 spiro atoms. The Kier molecular flexibility index (Phi) is 3.49. The molecule has 0 aliphatic carbocycles. The fraction of sp³-hybridized carbons (Fsp3) is 0.200. The van der Waals surface area contributed by atoms with Crippen LogP contribution in [0.25, 0.3) is 10.4 Å². The van der Waals surface area contributed by atoms with Crippen LogP contribution in [0.2, 0.25) is 0 Å². The van der Waals surface area contributed by atoms with Crippen LogP contribution in [0, 0.1) is 10.1 Å². The summed E-state index contributed by atoms with van der Waals surface area (Å²) in [5.41, 5.74) is 7.93. The van der Waals surface area contributed by atoms with Gasteiger partial charge in [0.15, 0.2) is 0 Å². The number of hydrogen-bond acceptors (Lipinski definition) is 6. The molecule has 1 aliphatic rings. The second-order valence-electron chi connectivity index (χ2n) is 3.77. The van der Waals surface area contributed by atoms with E-state index >= 15 is 0 Å². The molecule has 1 aromatic rings. The lowest BCUT2D eigenvalue weighted by Gasteiger charge is -2.14. The van der Waals surface area contributed by atoms with Crippen molar-refractivity contribution in [1.82, 2.24) is 5.06 Å². The van der Waals surface area contributed by atoms with E-state index in [1.165, 1.54) is 6.07 Å². The Morgan fingerprint density at radius 2 is 2.00 bits per heavy atom. The molecule has 0 N–H and O–H groups in total. The van der Waals surface area contributed by atoms with E-state index in [-0.39, 0.29) is 24.3 Å². The molecule has 10 nitrogen and oxygen atoms in total. The number of hydroxylamine groups is 2. The second-order valence-corrected chi connectivity index (χ2v) is 3.77. The zero-order valence-corrected chi connectivity index (χ0v) is 9.92. The highest BCUT2D eigenvalue weighted by atomic mass is 16.7. The van der Waals surface area contributed by atoms with Crippen molar-refractivity contribution in [2.24, 2.45) is 5.11 Å². The van der Waals surface area contributed by atoms with Crippen LogP contribution in [0.5, 0.6) is 5.75 Å². The average molecular weight is 277 g/mol. The number of rotatable bonds is 4. The summed E-state index contributed by atoms with van der Waals surface area (Å²) >= 11 is 0. The quantitative estimate of drug-likeness (QED) is 0.207. The first-order valence-electron chi connectivity index (χ1n) is 5.40. The van der Waals surface area contributed by atoms with Gasteiger partial charge in [-0.2, -0.15) is 0 Å². The first-order chi connectivity index (χ1) is 9.52. The van der Waals surface area contributed by atoms with E-state index in [9.17, 15) is 19.7 Å². The van der Waals surface area contributed by atoms with Gasteiger partial charge in [0.25, 0.3) is 11.8 Å². The van der Waals surface area contributed by atoms with E-state index < -0.39 is 22.4 Å². The SMILES string of the molecule is [N-]=[N+]=Nc1ccc([N+](=O)[O-])c(ON2C(=O)CCC2=O)c1. The standard InChI is InChI=1S/C10H7N5O5/c11-13-12-6-1-2-7(15(18)19)8(5-6)20-14-9(16)3-4-10(14)17/h1-2,5H,3-4H2. The van der Waals surface area contributed by atoms with Gasteiger partial charge in [-0.1, -0.05) is 5.11 Å². The molecular formula is C10H7N5O5. The number of amides is 2. The Bertz CT molecular complexity index is 635. The first-order valence-corrected chi connectivity index (χ1v) is 5.40. The van der Waals surface area contributed by atoms with Crippen molar-refractivity contribution < 1.29 is 19.3 Å². The number of nitrogens with zero attached hydrogens (tertiary/aromatic N) is 5. The van der Waals surface area contributed by atoms with Crippen LogP contribution in [0.3, 0.4) is 0 Å². The van der Waals surface area contributed by atoms with Gasteiger partial charge in [0.05, 0.1) is 4.92 Å². The Balaban J connectivity index is 2.39. The van der Waals surface area contributed by atoms with Gasteiger partial charge in [-0.15, -0.1) is 5.06 Å². The molecule has 0 aromatic heterocycles. The van der Waals surface area contributed by atoms with Crippen molar-refractivity contribution in [3.05, 3.63) is 38.8 Å². The maximum absolute atomic E-state index is 11.4. The van der Waals surface area contributed by atoms with Crippen molar-refractivity contribution in [2.45, 2.75) is 12.8 Å². The second kappa shape index (κ2) is 5.24. The van der Waals surface area contributed by atoms with Crippen LogP contribution < -0.4 is 4.84 Å². The van der Waals surface area contributed by atoms with Gasteiger partial charge in [-0.05, 0) is 11.6 Å². The largest absolute Gasteiger partial charge is 0.362 e. The topological polar surface area (TPSA) is 139 Å². The van der Waals surface area contributed by atoms with Crippen LogP contribution in [0.15, 0.2) is 23.3 Å². The predicted octanol–water partition coefficient (Wildman–Crippen LogP) is 1.98. The first kappa shape index (κ1) is 13.3. The van der Waals surface area contributed by atoms with E-state index in [1.807, 2.05) is 0 Å². The summed E-state index contributed by atoms with van der Waals surface area (Å²) < 4.78 is 0. The van der Waals surface area contributed by atoms with E-state index in [2.05, 4.69) is 10.0 Å². The summed E-state index contributed by atoms with van der Waals surface area (Å²) in [7, 11) is 0. The minimum absolute atomic E-state index is 0.0112. The van der Waals surface area contributed by atoms with Gasteiger partial charge in [0, 0.05) is 35.6 Å². The fourth-order valence-corrected chi connectivity index (χ4v) is 1.60. The zero-order chi connectivity index (χ0) is 14.7. The predicted molar refractivity (Wildman–Crippen MR) is 63.6 cm³/mol. The van der Waals surface area contributed by atoms with Crippen LogP contribution in [0.1, 0.15) is 12.8 Å². The molecule has 0 bridgehead atoms. The maximum atomic E-state index is 11.4. The molecule has 2 amide bonds. The molecule has 102 valence electrons. The van der Waals surface area contributed by atoms with E-state index in [0.717, 1.165) is 12.1 Å². The summed E-state index contributed by atoms with van der Waals surface area (Å²) in [4.78, 5) is 40.5. The summed E-state index contributed by atoms with van der Waals surface area (Å²) in [5, 5.41) is 14.6. The molecule has 0 unspecified atom stereocenters. The number of azide groups is 1. The molecule has 1 aliphatic heterocycles. The highest BCUT2D eigenvalue weighted by molar-refractivity contribution is 6.00. The minimum atomic E-state index is -0.736. The van der Waals surface area contributed by atoms with Crippen molar-refractivity contribution in [3.63, 3.8) is 0 Å². The summed E-state index contributed by atoms with van der Waals surface area (Å²) in [6.07, 6.45) is -0.0225. The van der Waals surface area contributed by atoms with Gasteiger partial charge in [-0.3, -0.25) is 19.7 Å². The lowest BCUT2D eigenvalue weighted by molar-refractivity contribution is -0.386. The lowest BCUT2D eigenvalue weighted by Crippen LogP contribution is -2.32. The van der Waals surface area contributed by atoms with Crippen molar-refractivity contribution >= 4 is 23.2 Å². The van der Waals surface area contributed by atoms with Gasteiger partial charge >= 0.3 is 5.69 Å². The molecule has 1 aromatic carbocycles. The average Bonchev–Trinajstić information content (AvgIpc) is 2.71. The van der Waals surface area contributed by atoms with Crippen LogP contribution in [-0.4, -0.2) is 21.8 Å². The number of carbonyl (C=O) groups excluding carboxylic acids is 2. The molecule has 0 saturated carbocycles. The monoisotopic (exact) mass is 277 g/mol. The number of nitro benzene ring substituents is 1. The van der Waals surface area contributed by atoms with Crippen LogP contribution in [-0.2, 0) is 9.59 Å². The fourth-order valence-electron chi connectivity index (χ4n) is 1.60. The Morgan fingerprint density at radius 1 is 1.35 bits per heavy atom. The molecule has 2 rings (SSSR count). The van der Waals surface area contributed by atoms with Gasteiger partial charge in [-0.25, -0.2) is 0 Å². The Morgan fingerprint density at radius 3 is 2.55 bits per heavy atom. The molecule has 1 saturated heterocycles. The third kappa shape index (κ3) is 2.49. The Labute approximate surface area is 111 Å². The highest BCUT2D eigenvalue weighted by Crippen LogP contribution is 2.32. The van der Waals surface area contributed by atoms with Crippen molar-refractivity contribution in [3.8, 4) is 5.75 Å². The molecule has 20 heavy (non-hydrogen) atoms. The number of hydrogen-bond donors (Lipinski definition) is 0. The van der Waals surface area contributed by atoms with Crippen LogP contribution in [0.4, 0.5) is 11.4 Å². The number of imide groups is 1. The van der Waals surface area contributed by atoms with Crippen molar-refractivity contribution in [2.75, 3.05) is 0 Å². The summed E-state index contributed by atoms with van der Waals surface area (Å²) in [6.45, 7) is 0. The lowest BCUT2D eigenvalue weighted by atomic mass is 10.2. The zero-order valence-electron chi connectivity index (χ0n) is 9.92. The number of benzene rings is 1. The smallest absolute Gasteiger partial charge is 0.314 e. The normalized spacial score (nSPS) is 14.1. The van der Waals surface area contributed by atoms with E-state index in [0.29, 0.717) is 5.06 Å². The minimum Gasteiger partial charge on any atom is -0.362 e.